The van der Waals surface area contributed by atoms with E-state index in [9.17, 15) is 4.79 Å². The fourth-order valence-corrected chi connectivity index (χ4v) is 4.57. The highest BCUT2D eigenvalue weighted by Gasteiger charge is 2.32. The Hall–Kier alpha value is -2.18. The molecule has 4 nitrogen and oxygen atoms in total. The highest BCUT2D eigenvalue weighted by molar-refractivity contribution is 8.24. The number of carbonyl (C=O) groups excluding carboxylic acids is 1. The Kier molecular flexibility index (Phi) is 6.29. The number of hydrogen-bond acceptors (Lipinski definition) is 4. The number of anilines is 1. The molecule has 0 saturated carbocycles. The molecule has 0 fully saturated rings. The number of aliphatic imine (C=N–C) groups is 1. The monoisotopic (exact) mass is 397 g/mol. The molecule has 27 heavy (non-hydrogen) atoms. The fraction of sp³-hybridized carbons (Fsp3) is 0.286. The van der Waals surface area contributed by atoms with Crippen molar-refractivity contribution in [3.63, 3.8) is 0 Å². The first kappa shape index (κ1) is 19.6. The Balaban J connectivity index is 2.05. The summed E-state index contributed by atoms with van der Waals surface area (Å²) in [6, 6.07) is 15.8. The summed E-state index contributed by atoms with van der Waals surface area (Å²) in [6.07, 6.45) is 0. The zero-order valence-electron chi connectivity index (χ0n) is 15.7. The number of aryl methyl sites for hydroxylation is 1. The Labute approximate surface area is 170 Å². The van der Waals surface area contributed by atoms with Crippen molar-refractivity contribution in [1.82, 2.24) is 4.90 Å². The first-order valence-corrected chi connectivity index (χ1v) is 10.3. The number of fused-ring (bicyclic) bond motifs is 1. The minimum Gasteiger partial charge on any atom is -0.358 e. The minimum absolute atomic E-state index is 0.0959. The molecule has 1 N–H and O–H groups in total. The van der Waals surface area contributed by atoms with Crippen molar-refractivity contribution < 1.29 is 4.79 Å². The van der Waals surface area contributed by atoms with Gasteiger partial charge in [-0.2, -0.15) is 0 Å². The number of benzene rings is 2. The quantitative estimate of drug-likeness (QED) is 0.753. The molecule has 0 aliphatic carbocycles. The lowest BCUT2D eigenvalue weighted by molar-refractivity contribution is -0.114. The van der Waals surface area contributed by atoms with Gasteiger partial charge in [0.2, 0.25) is 5.91 Å². The van der Waals surface area contributed by atoms with Gasteiger partial charge >= 0.3 is 0 Å². The lowest BCUT2D eigenvalue weighted by Gasteiger charge is -2.24. The number of thioether (sulfide) groups is 1. The maximum atomic E-state index is 13.1. The third-order valence-electron chi connectivity index (χ3n) is 4.45. The Morgan fingerprint density at radius 3 is 2.56 bits per heavy atom. The van der Waals surface area contributed by atoms with Crippen LogP contribution in [0.5, 0.6) is 0 Å². The van der Waals surface area contributed by atoms with Crippen molar-refractivity contribution in [1.29, 1.82) is 0 Å². The van der Waals surface area contributed by atoms with Crippen LogP contribution in [-0.2, 0) is 4.79 Å². The van der Waals surface area contributed by atoms with Crippen LogP contribution in [-0.4, -0.2) is 39.2 Å². The molecular formula is C21H23N3OS2. The molecule has 2 aromatic rings. The summed E-state index contributed by atoms with van der Waals surface area (Å²) in [6.45, 7) is 7.76. The second-order valence-corrected chi connectivity index (χ2v) is 8.05. The van der Waals surface area contributed by atoms with Crippen LogP contribution in [0.1, 0.15) is 25.0 Å². The van der Waals surface area contributed by atoms with Crippen LogP contribution in [0.15, 0.2) is 53.5 Å². The molecule has 0 bridgehead atoms. The maximum absolute atomic E-state index is 13.1. The molecule has 0 spiro atoms. The van der Waals surface area contributed by atoms with Crippen molar-refractivity contribution in [2.24, 2.45) is 4.99 Å². The summed E-state index contributed by atoms with van der Waals surface area (Å²) in [5, 5.41) is 2.53. The van der Waals surface area contributed by atoms with Crippen LogP contribution < -0.4 is 5.32 Å². The molecule has 0 radical (unpaired) electrons. The van der Waals surface area contributed by atoms with E-state index in [0.29, 0.717) is 4.32 Å². The molecule has 0 aromatic heterocycles. The Morgan fingerprint density at radius 2 is 1.89 bits per heavy atom. The van der Waals surface area contributed by atoms with E-state index in [2.05, 4.69) is 24.1 Å². The summed E-state index contributed by atoms with van der Waals surface area (Å²) >= 11 is 7.01. The number of hydrogen-bond donors (Lipinski definition) is 1. The molecule has 1 aliphatic heterocycles. The Bertz CT molecular complexity index is 876. The summed E-state index contributed by atoms with van der Waals surface area (Å²) in [7, 11) is 0. The van der Waals surface area contributed by atoms with E-state index in [4.69, 9.17) is 17.2 Å². The summed E-state index contributed by atoms with van der Waals surface area (Å²) in [5.74, 6) is -0.0959. The van der Waals surface area contributed by atoms with Gasteiger partial charge in [0.15, 0.2) is 0 Å². The van der Waals surface area contributed by atoms with E-state index in [0.717, 1.165) is 41.3 Å². The maximum Gasteiger partial charge on any atom is 0.244 e. The van der Waals surface area contributed by atoms with E-state index >= 15 is 0 Å². The van der Waals surface area contributed by atoms with Crippen molar-refractivity contribution in [3.8, 4) is 0 Å². The SMILES string of the molecule is CCN(CC)C(=S)SC1C(=O)Nc2cc(C)ccc2N=C1c1ccccc1. The predicted molar refractivity (Wildman–Crippen MR) is 119 cm³/mol. The van der Waals surface area contributed by atoms with Crippen molar-refractivity contribution in [3.05, 3.63) is 59.7 Å². The largest absolute Gasteiger partial charge is 0.358 e. The molecule has 2 aromatic carbocycles. The molecule has 3 rings (SSSR count). The molecule has 0 saturated heterocycles. The van der Waals surface area contributed by atoms with Crippen LogP contribution >= 0.6 is 24.0 Å². The molecule has 1 heterocycles. The highest BCUT2D eigenvalue weighted by atomic mass is 32.2. The molecule has 1 atom stereocenters. The number of amides is 1. The van der Waals surface area contributed by atoms with E-state index in [-0.39, 0.29) is 5.91 Å². The second kappa shape index (κ2) is 8.67. The number of thiocarbonyl (C=S) groups is 1. The van der Waals surface area contributed by atoms with Crippen LogP contribution in [0, 0.1) is 6.92 Å². The number of carbonyl (C=O) groups is 1. The lowest BCUT2D eigenvalue weighted by Crippen LogP contribution is -2.36. The van der Waals surface area contributed by atoms with Crippen molar-refractivity contribution in [2.45, 2.75) is 26.0 Å². The summed E-state index contributed by atoms with van der Waals surface area (Å²) < 4.78 is 0.714. The van der Waals surface area contributed by atoms with Gasteiger partial charge in [-0.15, -0.1) is 0 Å². The molecule has 1 aliphatic rings. The zero-order chi connectivity index (χ0) is 19.4. The van der Waals surface area contributed by atoms with Gasteiger partial charge < -0.3 is 10.2 Å². The molecular weight excluding hydrogens is 374 g/mol. The zero-order valence-corrected chi connectivity index (χ0v) is 17.4. The van der Waals surface area contributed by atoms with Gasteiger partial charge in [-0.1, -0.05) is 60.4 Å². The van der Waals surface area contributed by atoms with Gasteiger partial charge in [0, 0.05) is 13.1 Å². The van der Waals surface area contributed by atoms with Crippen LogP contribution in [0.3, 0.4) is 0 Å². The van der Waals surface area contributed by atoms with E-state index in [1.807, 2.05) is 55.5 Å². The average molecular weight is 398 g/mol. The average Bonchev–Trinajstić information content (AvgIpc) is 2.80. The number of nitrogens with zero attached hydrogens (tertiary/aromatic N) is 2. The first-order valence-electron chi connectivity index (χ1n) is 9.04. The smallest absolute Gasteiger partial charge is 0.244 e. The van der Waals surface area contributed by atoms with Gasteiger partial charge in [0.05, 0.1) is 17.1 Å². The predicted octanol–water partition coefficient (Wildman–Crippen LogP) is 4.80. The van der Waals surface area contributed by atoms with Crippen molar-refractivity contribution in [2.75, 3.05) is 18.4 Å². The number of nitrogens with one attached hydrogen (secondary N) is 1. The van der Waals surface area contributed by atoms with Gasteiger partial charge in [0.25, 0.3) is 0 Å². The van der Waals surface area contributed by atoms with Gasteiger partial charge in [0.1, 0.15) is 9.57 Å². The Morgan fingerprint density at radius 1 is 1.19 bits per heavy atom. The van der Waals surface area contributed by atoms with Crippen molar-refractivity contribution >= 4 is 51.3 Å². The van der Waals surface area contributed by atoms with Crippen LogP contribution in [0.2, 0.25) is 0 Å². The van der Waals surface area contributed by atoms with Gasteiger partial charge in [-0.25, -0.2) is 4.99 Å². The second-order valence-electron chi connectivity index (χ2n) is 6.31. The lowest BCUT2D eigenvalue weighted by atomic mass is 10.1. The van der Waals surface area contributed by atoms with E-state index in [1.165, 1.54) is 11.8 Å². The highest BCUT2D eigenvalue weighted by Crippen LogP contribution is 2.33. The van der Waals surface area contributed by atoms with E-state index < -0.39 is 5.25 Å². The fourth-order valence-electron chi connectivity index (χ4n) is 2.95. The minimum atomic E-state index is -0.506. The third-order valence-corrected chi connectivity index (χ3v) is 6.13. The van der Waals surface area contributed by atoms with Crippen LogP contribution in [0.4, 0.5) is 11.4 Å². The first-order chi connectivity index (χ1) is 13.0. The standard InChI is InChI=1S/C21H23N3OS2/c1-4-24(5-2)21(26)27-19-18(15-9-7-6-8-10-15)22-16-12-11-14(3)13-17(16)23-20(19)25/h6-13,19H,4-5H2,1-3H3,(H,23,25). The van der Waals surface area contributed by atoms with Gasteiger partial charge in [-0.05, 0) is 44.0 Å². The topological polar surface area (TPSA) is 44.7 Å². The number of rotatable bonds is 4. The van der Waals surface area contributed by atoms with Crippen LogP contribution in [0.25, 0.3) is 0 Å². The molecule has 1 unspecified atom stereocenters. The summed E-state index contributed by atoms with van der Waals surface area (Å²) in [5.41, 5.74) is 4.25. The summed E-state index contributed by atoms with van der Waals surface area (Å²) in [4.78, 5) is 20.1. The van der Waals surface area contributed by atoms with E-state index in [1.54, 1.807) is 0 Å². The molecule has 1 amide bonds. The molecule has 6 heteroatoms. The van der Waals surface area contributed by atoms with Gasteiger partial charge in [-0.3, -0.25) is 4.79 Å². The molecule has 140 valence electrons. The normalized spacial score (nSPS) is 16.0. The third kappa shape index (κ3) is 4.39.